The monoisotopic (exact) mass is 184 g/mol. The first kappa shape index (κ1) is 8.80. The summed E-state index contributed by atoms with van der Waals surface area (Å²) in [4.78, 5) is 0. The minimum Gasteiger partial charge on any atom is -0.167 e. The van der Waals surface area contributed by atoms with Crippen LogP contribution >= 0.6 is 32.4 Å². The van der Waals surface area contributed by atoms with Gasteiger partial charge in [0.05, 0.1) is 0 Å². The summed E-state index contributed by atoms with van der Waals surface area (Å²) in [5.41, 5.74) is 0. The zero-order valence-electron chi connectivity index (χ0n) is 3.47. The molecule has 50 valence electrons. The summed E-state index contributed by atoms with van der Waals surface area (Å²) < 4.78 is 31.1. The van der Waals surface area contributed by atoms with Crippen LogP contribution in [0.2, 0.25) is 0 Å². The molecule has 0 aromatic rings. The summed E-state index contributed by atoms with van der Waals surface area (Å²) in [5, 5.41) is 0. The molecule has 0 fully saturated rings. The fourth-order valence-electron chi connectivity index (χ4n) is 0. The molecule has 1 unspecified atom stereocenters. The van der Waals surface area contributed by atoms with Gasteiger partial charge in [-0.05, 0) is 0 Å². The van der Waals surface area contributed by atoms with E-state index in [-0.39, 0.29) is 0 Å². The Morgan fingerprint density at radius 1 is 1.12 bits per heavy atom. The van der Waals surface area contributed by atoms with Crippen molar-refractivity contribution in [3.63, 3.8) is 0 Å². The smallest absolute Gasteiger partial charge is 0.167 e. The summed E-state index contributed by atoms with van der Waals surface area (Å²) in [6, 6.07) is 0. The lowest BCUT2D eigenvalue weighted by Gasteiger charge is -2.16. The third kappa shape index (κ3) is 2.38. The van der Waals surface area contributed by atoms with Gasteiger partial charge in [0.1, 0.15) is 0 Å². The molecule has 0 saturated heterocycles. The van der Waals surface area contributed by atoms with Gasteiger partial charge in [0, 0.05) is 0 Å². The van der Waals surface area contributed by atoms with Gasteiger partial charge in [-0.3, -0.25) is 0 Å². The van der Waals surface area contributed by atoms with Gasteiger partial charge in [-0.25, -0.2) is 0 Å². The minimum atomic E-state index is -4.57. The van der Waals surface area contributed by atoms with Crippen LogP contribution in [-0.2, 0) is 0 Å². The lowest BCUT2D eigenvalue weighted by atomic mass is 10.8. The van der Waals surface area contributed by atoms with Crippen LogP contribution in [0.1, 0.15) is 0 Å². The van der Waals surface area contributed by atoms with Crippen LogP contribution in [-0.4, -0.2) is 10.3 Å². The van der Waals surface area contributed by atoms with E-state index in [1.54, 1.807) is 0 Å². The van der Waals surface area contributed by atoms with E-state index in [0.29, 0.717) is 0 Å². The molecule has 0 bridgehead atoms. The van der Waals surface area contributed by atoms with E-state index in [1.165, 1.54) is 9.24 Å². The van der Waals surface area contributed by atoms with Gasteiger partial charge in [0.2, 0.25) is 4.07 Å². The normalized spacial score (nSPS) is 14.2. The third-order valence-electron chi connectivity index (χ3n) is 0.378. The van der Waals surface area contributed by atoms with E-state index >= 15 is 0 Å². The Bertz CT molecular complexity index is 70.3. The first-order valence-corrected chi connectivity index (χ1v) is 2.82. The highest BCUT2D eigenvalue weighted by Crippen LogP contribution is 2.44. The van der Waals surface area contributed by atoms with Crippen molar-refractivity contribution in [2.75, 3.05) is 0 Å². The summed E-state index contributed by atoms with van der Waals surface area (Å²) >= 11 is 9.23. The molecule has 6 heteroatoms. The van der Waals surface area contributed by atoms with Gasteiger partial charge >= 0.3 is 6.18 Å². The van der Waals surface area contributed by atoms with Gasteiger partial charge in [0.25, 0.3) is 0 Å². The molecule has 0 aromatic heterocycles. The van der Waals surface area contributed by atoms with Crippen molar-refractivity contribution in [3.05, 3.63) is 0 Å². The van der Waals surface area contributed by atoms with Crippen molar-refractivity contribution in [2.24, 2.45) is 0 Å². The maximum absolute atomic E-state index is 11.3. The Morgan fingerprint density at radius 3 is 1.25 bits per heavy atom. The molecule has 0 radical (unpaired) electrons. The fourth-order valence-corrected chi connectivity index (χ4v) is 0. The molecular weight excluding hydrogens is 183 g/mol. The molecule has 0 N–H and O–H groups in total. The predicted molar refractivity (Wildman–Crippen MR) is 30.2 cm³/mol. The Labute approximate surface area is 56.5 Å². The lowest BCUT2D eigenvalue weighted by molar-refractivity contribution is -0.122. The quantitative estimate of drug-likeness (QED) is 0.401. The third-order valence-corrected chi connectivity index (χ3v) is 1.13. The van der Waals surface area contributed by atoms with Crippen molar-refractivity contribution in [3.8, 4) is 0 Å². The van der Waals surface area contributed by atoms with E-state index in [4.69, 9.17) is 0 Å². The molecule has 0 aliphatic heterocycles. The summed E-state index contributed by atoms with van der Waals surface area (Å²) in [7, 11) is 1.27. The molecular formula is C2H2Cl2F3P. The molecule has 0 aliphatic carbocycles. The van der Waals surface area contributed by atoms with Gasteiger partial charge < -0.3 is 0 Å². The molecule has 0 heterocycles. The largest absolute Gasteiger partial charge is 0.424 e. The van der Waals surface area contributed by atoms with Crippen LogP contribution in [0.5, 0.6) is 0 Å². The van der Waals surface area contributed by atoms with Crippen LogP contribution in [0.4, 0.5) is 13.2 Å². The maximum Gasteiger partial charge on any atom is 0.424 e. The van der Waals surface area contributed by atoms with Gasteiger partial charge in [-0.2, -0.15) is 13.2 Å². The van der Waals surface area contributed by atoms with E-state index in [9.17, 15) is 13.2 Å². The highest BCUT2D eigenvalue weighted by atomic mass is 35.5. The molecule has 0 aliphatic rings. The fraction of sp³-hybridized carbons (Fsp3) is 1.00. The van der Waals surface area contributed by atoms with Gasteiger partial charge in [-0.1, -0.05) is 32.4 Å². The van der Waals surface area contributed by atoms with Crippen LogP contribution < -0.4 is 0 Å². The van der Waals surface area contributed by atoms with Crippen molar-refractivity contribution >= 4 is 32.4 Å². The zero-order chi connectivity index (χ0) is 7.00. The minimum absolute atomic E-state index is 1.27. The summed E-state index contributed by atoms with van der Waals surface area (Å²) in [5.74, 6) is 0. The van der Waals surface area contributed by atoms with E-state index in [0.717, 1.165) is 0 Å². The van der Waals surface area contributed by atoms with E-state index < -0.39 is 10.3 Å². The number of rotatable bonds is 0. The SMILES string of the molecule is FC(F)(F)C(P)(Cl)Cl. The average Bonchev–Trinajstić information content (AvgIpc) is 1.25. The van der Waals surface area contributed by atoms with E-state index in [2.05, 4.69) is 23.2 Å². The Hall–Kier alpha value is 0.800. The first-order chi connectivity index (χ1) is 3.25. The molecule has 8 heavy (non-hydrogen) atoms. The molecule has 0 saturated carbocycles. The van der Waals surface area contributed by atoms with Crippen LogP contribution in [0, 0.1) is 0 Å². The van der Waals surface area contributed by atoms with Crippen LogP contribution in [0.25, 0.3) is 0 Å². The van der Waals surface area contributed by atoms with Crippen molar-refractivity contribution < 1.29 is 13.2 Å². The first-order valence-electron chi connectivity index (χ1n) is 1.48. The highest BCUT2D eigenvalue weighted by molar-refractivity contribution is 7.27. The summed E-state index contributed by atoms with van der Waals surface area (Å²) in [6.07, 6.45) is -4.57. The Morgan fingerprint density at radius 2 is 1.25 bits per heavy atom. The molecule has 0 rings (SSSR count). The Balaban J connectivity index is 4.02. The maximum atomic E-state index is 11.3. The molecule has 0 spiro atoms. The number of alkyl halides is 5. The number of hydrogen-bond acceptors (Lipinski definition) is 0. The standard InChI is InChI=1S/C2H2Cl2F3P/c3-1(4,8)2(5,6)7/h8H2. The Kier molecular flexibility index (Phi) is 2.42. The van der Waals surface area contributed by atoms with Crippen molar-refractivity contribution in [2.45, 2.75) is 10.3 Å². The van der Waals surface area contributed by atoms with Gasteiger partial charge in [0.15, 0.2) is 0 Å². The average molecular weight is 185 g/mol. The van der Waals surface area contributed by atoms with Gasteiger partial charge in [-0.15, -0.1) is 0 Å². The van der Waals surface area contributed by atoms with Crippen molar-refractivity contribution in [1.29, 1.82) is 0 Å². The topological polar surface area (TPSA) is 0 Å². The second-order valence-electron chi connectivity index (χ2n) is 1.12. The molecule has 0 amide bonds. The predicted octanol–water partition coefficient (Wildman–Crippen LogP) is 2.56. The van der Waals surface area contributed by atoms with Crippen LogP contribution in [0.15, 0.2) is 0 Å². The van der Waals surface area contributed by atoms with Crippen molar-refractivity contribution in [1.82, 2.24) is 0 Å². The number of halogens is 5. The summed E-state index contributed by atoms with van der Waals surface area (Å²) in [6.45, 7) is 0. The van der Waals surface area contributed by atoms with Crippen LogP contribution in [0.3, 0.4) is 0 Å². The molecule has 0 aromatic carbocycles. The second kappa shape index (κ2) is 2.20. The zero-order valence-corrected chi connectivity index (χ0v) is 6.13. The lowest BCUT2D eigenvalue weighted by Crippen LogP contribution is -2.26. The van der Waals surface area contributed by atoms with E-state index in [1.807, 2.05) is 0 Å². The second-order valence-corrected chi connectivity index (χ2v) is 4.10. The number of hydrogen-bond donors (Lipinski definition) is 0. The molecule has 0 nitrogen and oxygen atoms in total. The molecule has 1 atom stereocenters. The highest BCUT2D eigenvalue weighted by Gasteiger charge is 2.48.